The number of nitrogens with zero attached hydrogens (tertiary/aromatic N) is 1. The molecule has 1 N–H and O–H groups in total. The minimum absolute atomic E-state index is 0.0737. The Morgan fingerprint density at radius 3 is 2.30 bits per heavy atom. The van der Waals surface area contributed by atoms with Crippen molar-refractivity contribution in [3.63, 3.8) is 0 Å². The van der Waals surface area contributed by atoms with Crippen molar-refractivity contribution in [1.82, 2.24) is 0 Å². The fourth-order valence-electron chi connectivity index (χ4n) is 3.25. The number of carbonyl (C=O) groups is 1. The summed E-state index contributed by atoms with van der Waals surface area (Å²) in [7, 11) is 0. The molecule has 0 radical (unpaired) electrons. The number of alkyl halides is 3. The third-order valence-electron chi connectivity index (χ3n) is 4.73. The van der Waals surface area contributed by atoms with Crippen molar-refractivity contribution < 1.29 is 18.0 Å². The molecule has 1 atom stereocenters. The van der Waals surface area contributed by atoms with Gasteiger partial charge in [-0.2, -0.15) is 13.2 Å². The molecular weight excluding hydrogens is 353 g/mol. The van der Waals surface area contributed by atoms with Crippen LogP contribution >= 0.6 is 0 Å². The third kappa shape index (κ3) is 4.15. The highest BCUT2D eigenvalue weighted by Gasteiger charge is 2.42. The van der Waals surface area contributed by atoms with Crippen LogP contribution in [0.15, 0.2) is 60.3 Å². The van der Waals surface area contributed by atoms with Crippen LogP contribution in [-0.4, -0.2) is 18.1 Å². The molecule has 1 heterocycles. The molecule has 3 nitrogen and oxygen atoms in total. The lowest BCUT2D eigenvalue weighted by Crippen LogP contribution is -2.42. The molecular formula is C21H21F3N2O. The van der Waals surface area contributed by atoms with Gasteiger partial charge in [0.05, 0.1) is 0 Å². The molecule has 0 spiro atoms. The van der Waals surface area contributed by atoms with E-state index in [2.05, 4.69) is 5.32 Å². The van der Waals surface area contributed by atoms with Crippen molar-refractivity contribution in [2.75, 3.05) is 10.2 Å². The van der Waals surface area contributed by atoms with E-state index < -0.39 is 12.0 Å². The second-order valence-electron chi connectivity index (χ2n) is 6.69. The molecule has 0 saturated carbocycles. The lowest BCUT2D eigenvalue weighted by Gasteiger charge is -2.37. The van der Waals surface area contributed by atoms with Crippen molar-refractivity contribution >= 4 is 17.2 Å². The largest absolute Gasteiger partial charge is 0.454 e. The molecule has 0 amide bonds. The van der Waals surface area contributed by atoms with E-state index in [0.29, 0.717) is 6.42 Å². The number of nitrogens with one attached hydrogen (secondary N) is 1. The number of hydrogen-bond acceptors (Lipinski definition) is 3. The predicted octanol–water partition coefficient (Wildman–Crippen LogP) is 5.36. The normalized spacial score (nSPS) is 17.4. The van der Waals surface area contributed by atoms with Crippen LogP contribution in [0.3, 0.4) is 0 Å². The lowest BCUT2D eigenvalue weighted by atomic mass is 9.99. The maximum Gasteiger partial charge on any atom is 0.454 e. The number of para-hydroxylation sites is 2. The molecule has 2 aromatic rings. The van der Waals surface area contributed by atoms with Crippen LogP contribution in [-0.2, 0) is 4.79 Å². The molecule has 2 aromatic carbocycles. The van der Waals surface area contributed by atoms with Gasteiger partial charge in [0, 0.05) is 23.1 Å². The van der Waals surface area contributed by atoms with Crippen molar-refractivity contribution in [2.24, 2.45) is 0 Å². The number of rotatable bonds is 4. The van der Waals surface area contributed by atoms with E-state index in [4.69, 9.17) is 0 Å². The first-order valence-corrected chi connectivity index (χ1v) is 8.75. The fraction of sp³-hybridized carbons (Fsp3) is 0.286. The van der Waals surface area contributed by atoms with Crippen LogP contribution in [0.4, 0.5) is 24.5 Å². The van der Waals surface area contributed by atoms with Crippen LogP contribution in [0, 0.1) is 13.8 Å². The van der Waals surface area contributed by atoms with E-state index in [0.717, 1.165) is 22.5 Å². The standard InChI is InChI=1S/C21H21F3N2O/c1-14-7-3-5-9-17(14)25-19-12-11-16(20(27)21(22,23)24)13-26(19)18-10-6-4-8-15(18)2/h3-10,13,19,25H,11-12H2,1-2H3. The number of halogens is 3. The van der Waals surface area contributed by atoms with Crippen molar-refractivity contribution in [3.05, 3.63) is 71.4 Å². The second-order valence-corrected chi connectivity index (χ2v) is 6.69. The van der Waals surface area contributed by atoms with Gasteiger partial charge in [0.2, 0.25) is 0 Å². The number of carbonyl (C=O) groups excluding carboxylic acids is 1. The third-order valence-corrected chi connectivity index (χ3v) is 4.73. The zero-order valence-corrected chi connectivity index (χ0v) is 15.2. The molecule has 0 aromatic heterocycles. The van der Waals surface area contributed by atoms with Gasteiger partial charge in [0.25, 0.3) is 5.78 Å². The summed E-state index contributed by atoms with van der Waals surface area (Å²) < 4.78 is 38.7. The molecule has 0 aliphatic carbocycles. The first-order chi connectivity index (χ1) is 12.8. The van der Waals surface area contributed by atoms with Crippen LogP contribution in [0.25, 0.3) is 0 Å². The van der Waals surface area contributed by atoms with Crippen molar-refractivity contribution in [1.29, 1.82) is 0 Å². The molecule has 6 heteroatoms. The molecule has 142 valence electrons. The van der Waals surface area contributed by atoms with Crippen molar-refractivity contribution in [3.8, 4) is 0 Å². The highest BCUT2D eigenvalue weighted by atomic mass is 19.4. The lowest BCUT2D eigenvalue weighted by molar-refractivity contribution is -0.166. The quantitative estimate of drug-likeness (QED) is 0.782. The van der Waals surface area contributed by atoms with Gasteiger partial charge in [-0.3, -0.25) is 4.79 Å². The van der Waals surface area contributed by atoms with Gasteiger partial charge >= 0.3 is 6.18 Å². The van der Waals surface area contributed by atoms with E-state index in [9.17, 15) is 18.0 Å². The van der Waals surface area contributed by atoms with Gasteiger partial charge in [0.1, 0.15) is 6.17 Å². The van der Waals surface area contributed by atoms with E-state index in [1.54, 1.807) is 4.90 Å². The second kappa shape index (κ2) is 7.47. The number of aryl methyl sites for hydroxylation is 2. The molecule has 3 rings (SSSR count). The number of ketones is 1. The maximum absolute atomic E-state index is 12.9. The molecule has 0 saturated heterocycles. The number of anilines is 2. The predicted molar refractivity (Wildman–Crippen MR) is 101 cm³/mol. The summed E-state index contributed by atoms with van der Waals surface area (Å²) in [6.07, 6.45) is -3.31. The van der Waals surface area contributed by atoms with Gasteiger partial charge in [-0.15, -0.1) is 0 Å². The van der Waals surface area contributed by atoms with E-state index in [-0.39, 0.29) is 18.2 Å². The highest BCUT2D eigenvalue weighted by Crippen LogP contribution is 2.33. The van der Waals surface area contributed by atoms with Gasteiger partial charge in [-0.1, -0.05) is 36.4 Å². The smallest absolute Gasteiger partial charge is 0.365 e. The van der Waals surface area contributed by atoms with Crippen LogP contribution in [0.2, 0.25) is 0 Å². The summed E-state index contributed by atoms with van der Waals surface area (Å²) >= 11 is 0. The Kier molecular flexibility index (Phi) is 5.26. The molecule has 0 fully saturated rings. The zero-order valence-electron chi connectivity index (χ0n) is 15.2. The highest BCUT2D eigenvalue weighted by molar-refractivity contribution is 6.00. The number of allylic oxidation sites excluding steroid dienone is 1. The maximum atomic E-state index is 12.9. The molecule has 27 heavy (non-hydrogen) atoms. The van der Waals surface area contributed by atoms with Gasteiger partial charge in [-0.05, 0) is 49.9 Å². The topological polar surface area (TPSA) is 32.3 Å². The van der Waals surface area contributed by atoms with Crippen LogP contribution in [0.1, 0.15) is 24.0 Å². The molecule has 1 aliphatic rings. The van der Waals surface area contributed by atoms with Crippen molar-refractivity contribution in [2.45, 2.75) is 39.0 Å². The Morgan fingerprint density at radius 2 is 1.67 bits per heavy atom. The summed E-state index contributed by atoms with van der Waals surface area (Å²) in [4.78, 5) is 13.5. The van der Waals surface area contributed by atoms with E-state index >= 15 is 0 Å². The Balaban J connectivity index is 1.99. The zero-order chi connectivity index (χ0) is 19.6. The SMILES string of the molecule is Cc1ccccc1NC1CCC(C(=O)C(F)(F)F)=CN1c1ccccc1C. The minimum Gasteiger partial charge on any atom is -0.365 e. The summed E-state index contributed by atoms with van der Waals surface area (Å²) in [5.41, 5.74) is 3.44. The van der Waals surface area contributed by atoms with E-state index in [1.807, 2.05) is 62.4 Å². The summed E-state index contributed by atoms with van der Waals surface area (Å²) in [5.74, 6) is -1.77. The summed E-state index contributed by atoms with van der Waals surface area (Å²) in [6, 6.07) is 15.2. The number of Topliss-reactive ketones (excluding diaryl/α,β-unsaturated/α-hetero) is 1. The van der Waals surface area contributed by atoms with Gasteiger partial charge in [0.15, 0.2) is 0 Å². The summed E-state index contributed by atoms with van der Waals surface area (Å²) in [6.45, 7) is 3.87. The first kappa shape index (κ1) is 19.0. The average Bonchev–Trinajstić information content (AvgIpc) is 2.63. The monoisotopic (exact) mass is 374 g/mol. The number of benzene rings is 2. The average molecular weight is 374 g/mol. The molecule has 1 unspecified atom stereocenters. The Labute approximate surface area is 156 Å². The van der Waals surface area contributed by atoms with Gasteiger partial charge < -0.3 is 10.2 Å². The first-order valence-electron chi connectivity index (χ1n) is 8.75. The number of hydrogen-bond donors (Lipinski definition) is 1. The molecule has 0 bridgehead atoms. The Hall–Kier alpha value is -2.76. The Morgan fingerprint density at radius 1 is 1.04 bits per heavy atom. The van der Waals surface area contributed by atoms with Crippen LogP contribution in [0.5, 0.6) is 0 Å². The van der Waals surface area contributed by atoms with Gasteiger partial charge in [-0.25, -0.2) is 0 Å². The summed E-state index contributed by atoms with van der Waals surface area (Å²) in [5, 5.41) is 3.41. The van der Waals surface area contributed by atoms with E-state index in [1.165, 1.54) is 6.20 Å². The minimum atomic E-state index is -4.86. The van der Waals surface area contributed by atoms with Crippen LogP contribution < -0.4 is 10.2 Å². The Bertz CT molecular complexity index is 874. The molecule has 1 aliphatic heterocycles. The fourth-order valence-corrected chi connectivity index (χ4v) is 3.25.